The SMILES string of the molecule is COc1ccc(/C=N/NC(=O)C(=O)Nc2cc(Cl)ccc2Cl)cc1. The van der Waals surface area contributed by atoms with Crippen molar-refractivity contribution in [1.82, 2.24) is 5.43 Å². The van der Waals surface area contributed by atoms with Gasteiger partial charge in [-0.1, -0.05) is 23.2 Å². The summed E-state index contributed by atoms with van der Waals surface area (Å²) in [6.45, 7) is 0. The summed E-state index contributed by atoms with van der Waals surface area (Å²) in [6.07, 6.45) is 1.40. The van der Waals surface area contributed by atoms with E-state index in [1.807, 2.05) is 0 Å². The molecule has 0 aromatic heterocycles. The quantitative estimate of drug-likeness (QED) is 0.496. The number of anilines is 1. The van der Waals surface area contributed by atoms with Gasteiger partial charge in [0.15, 0.2) is 0 Å². The van der Waals surface area contributed by atoms with E-state index in [0.717, 1.165) is 5.56 Å². The normalized spacial score (nSPS) is 10.5. The number of hydrazone groups is 1. The molecule has 8 heteroatoms. The first-order valence-corrected chi connectivity index (χ1v) is 7.48. The van der Waals surface area contributed by atoms with Gasteiger partial charge in [0.1, 0.15) is 5.75 Å². The number of hydrogen-bond donors (Lipinski definition) is 2. The third-order valence-electron chi connectivity index (χ3n) is 2.88. The largest absolute Gasteiger partial charge is 0.497 e. The van der Waals surface area contributed by atoms with Crippen molar-refractivity contribution < 1.29 is 14.3 Å². The first kappa shape index (κ1) is 17.8. The molecule has 24 heavy (non-hydrogen) atoms. The third-order valence-corrected chi connectivity index (χ3v) is 3.44. The zero-order valence-corrected chi connectivity index (χ0v) is 14.1. The summed E-state index contributed by atoms with van der Waals surface area (Å²) in [5.41, 5.74) is 3.10. The number of ether oxygens (including phenoxy) is 1. The van der Waals surface area contributed by atoms with Crippen molar-refractivity contribution in [3.8, 4) is 5.75 Å². The molecule has 2 aromatic carbocycles. The van der Waals surface area contributed by atoms with Crippen molar-refractivity contribution in [2.75, 3.05) is 12.4 Å². The number of benzene rings is 2. The highest BCUT2D eigenvalue weighted by Crippen LogP contribution is 2.25. The van der Waals surface area contributed by atoms with Crippen LogP contribution in [-0.2, 0) is 9.59 Å². The molecular formula is C16H13Cl2N3O3. The predicted molar refractivity (Wildman–Crippen MR) is 93.8 cm³/mol. The van der Waals surface area contributed by atoms with E-state index in [2.05, 4.69) is 15.8 Å². The summed E-state index contributed by atoms with van der Waals surface area (Å²) in [7, 11) is 1.56. The summed E-state index contributed by atoms with van der Waals surface area (Å²) < 4.78 is 5.03. The lowest BCUT2D eigenvalue weighted by Gasteiger charge is -2.06. The lowest BCUT2D eigenvalue weighted by molar-refractivity contribution is -0.136. The highest BCUT2D eigenvalue weighted by atomic mass is 35.5. The molecule has 0 aliphatic heterocycles. The van der Waals surface area contributed by atoms with E-state index in [-0.39, 0.29) is 10.7 Å². The average molecular weight is 366 g/mol. The van der Waals surface area contributed by atoms with Crippen molar-refractivity contribution in [1.29, 1.82) is 0 Å². The third kappa shape index (κ3) is 4.97. The Kier molecular flexibility index (Phi) is 6.17. The van der Waals surface area contributed by atoms with Crippen LogP contribution >= 0.6 is 23.2 Å². The second kappa shape index (κ2) is 8.33. The van der Waals surface area contributed by atoms with Crippen LogP contribution in [-0.4, -0.2) is 25.1 Å². The molecule has 2 aromatic rings. The van der Waals surface area contributed by atoms with Crippen molar-refractivity contribution >= 4 is 46.9 Å². The zero-order chi connectivity index (χ0) is 17.5. The van der Waals surface area contributed by atoms with Gasteiger partial charge in [-0.25, -0.2) is 5.43 Å². The predicted octanol–water partition coefficient (Wildman–Crippen LogP) is 3.09. The van der Waals surface area contributed by atoms with Gasteiger partial charge in [-0.2, -0.15) is 5.10 Å². The molecule has 0 spiro atoms. The molecule has 6 nitrogen and oxygen atoms in total. The standard InChI is InChI=1S/C16H13Cl2N3O3/c1-24-12-5-2-10(3-6-12)9-19-21-16(23)15(22)20-14-8-11(17)4-7-13(14)18/h2-9H,1H3,(H,20,22)(H,21,23)/b19-9+. The van der Waals surface area contributed by atoms with Crippen LogP contribution in [0.15, 0.2) is 47.6 Å². The maximum absolute atomic E-state index is 11.8. The van der Waals surface area contributed by atoms with Gasteiger partial charge in [0.05, 0.1) is 24.0 Å². The molecule has 0 aliphatic carbocycles. The van der Waals surface area contributed by atoms with Crippen LogP contribution in [0.5, 0.6) is 5.75 Å². The number of nitrogens with zero attached hydrogens (tertiary/aromatic N) is 1. The smallest absolute Gasteiger partial charge is 0.329 e. The summed E-state index contributed by atoms with van der Waals surface area (Å²) in [5.74, 6) is -1.14. The maximum atomic E-state index is 11.8. The Hall–Kier alpha value is -2.57. The zero-order valence-electron chi connectivity index (χ0n) is 12.5. The van der Waals surface area contributed by atoms with E-state index in [9.17, 15) is 9.59 Å². The van der Waals surface area contributed by atoms with Crippen LogP contribution in [0, 0.1) is 0 Å². The second-order valence-corrected chi connectivity index (χ2v) is 5.39. The van der Waals surface area contributed by atoms with Gasteiger partial charge in [0.25, 0.3) is 0 Å². The summed E-state index contributed by atoms with van der Waals surface area (Å²) in [5, 5.41) is 6.72. The van der Waals surface area contributed by atoms with Gasteiger partial charge in [-0.05, 0) is 48.0 Å². The number of carbonyl (C=O) groups excluding carboxylic acids is 2. The molecule has 0 radical (unpaired) electrons. The van der Waals surface area contributed by atoms with Gasteiger partial charge in [-0.3, -0.25) is 9.59 Å². The van der Waals surface area contributed by atoms with E-state index in [1.54, 1.807) is 37.4 Å². The molecule has 0 heterocycles. The van der Waals surface area contributed by atoms with Crippen LogP contribution in [0.4, 0.5) is 5.69 Å². The van der Waals surface area contributed by atoms with Crippen LogP contribution in [0.25, 0.3) is 0 Å². The summed E-state index contributed by atoms with van der Waals surface area (Å²) >= 11 is 11.7. The molecule has 0 atom stereocenters. The van der Waals surface area contributed by atoms with Crippen molar-refractivity contribution in [3.63, 3.8) is 0 Å². The van der Waals surface area contributed by atoms with Crippen LogP contribution < -0.4 is 15.5 Å². The molecule has 0 fully saturated rings. The molecule has 0 unspecified atom stereocenters. The fourth-order valence-electron chi connectivity index (χ4n) is 1.68. The number of amides is 2. The number of halogens is 2. The molecule has 2 N–H and O–H groups in total. The van der Waals surface area contributed by atoms with Crippen LogP contribution in [0.1, 0.15) is 5.56 Å². The number of hydrogen-bond acceptors (Lipinski definition) is 4. The Labute approximate surface area is 148 Å². The summed E-state index contributed by atoms with van der Waals surface area (Å²) in [6, 6.07) is 11.5. The molecule has 2 amide bonds. The lowest BCUT2D eigenvalue weighted by Crippen LogP contribution is -2.32. The lowest BCUT2D eigenvalue weighted by atomic mass is 10.2. The fraction of sp³-hybridized carbons (Fsp3) is 0.0625. The van der Waals surface area contributed by atoms with E-state index in [1.165, 1.54) is 18.3 Å². The Balaban J connectivity index is 1.92. The van der Waals surface area contributed by atoms with E-state index in [4.69, 9.17) is 27.9 Å². The van der Waals surface area contributed by atoms with Crippen LogP contribution in [0.2, 0.25) is 10.0 Å². The molecular weight excluding hydrogens is 353 g/mol. The van der Waals surface area contributed by atoms with Gasteiger partial charge in [0.2, 0.25) is 0 Å². The topological polar surface area (TPSA) is 79.8 Å². The fourth-order valence-corrected chi connectivity index (χ4v) is 2.02. The van der Waals surface area contributed by atoms with Crippen molar-refractivity contribution in [2.24, 2.45) is 5.10 Å². The Bertz CT molecular complexity index is 777. The molecule has 124 valence electrons. The molecule has 0 bridgehead atoms. The van der Waals surface area contributed by atoms with Gasteiger partial charge >= 0.3 is 11.8 Å². The monoisotopic (exact) mass is 365 g/mol. The highest BCUT2D eigenvalue weighted by molar-refractivity contribution is 6.42. The molecule has 0 aliphatic rings. The van der Waals surface area contributed by atoms with Crippen molar-refractivity contribution in [2.45, 2.75) is 0 Å². The van der Waals surface area contributed by atoms with Gasteiger partial charge < -0.3 is 10.1 Å². The molecule has 2 rings (SSSR count). The number of nitrogens with one attached hydrogen (secondary N) is 2. The first-order chi connectivity index (χ1) is 11.5. The van der Waals surface area contributed by atoms with E-state index >= 15 is 0 Å². The average Bonchev–Trinajstić information content (AvgIpc) is 2.58. The minimum absolute atomic E-state index is 0.239. The summed E-state index contributed by atoms with van der Waals surface area (Å²) in [4.78, 5) is 23.5. The first-order valence-electron chi connectivity index (χ1n) is 6.73. The van der Waals surface area contributed by atoms with Crippen LogP contribution in [0.3, 0.4) is 0 Å². The second-order valence-electron chi connectivity index (χ2n) is 4.55. The Morgan fingerprint density at radius 1 is 1.08 bits per heavy atom. The Morgan fingerprint density at radius 2 is 1.79 bits per heavy atom. The number of carbonyl (C=O) groups is 2. The minimum Gasteiger partial charge on any atom is -0.497 e. The Morgan fingerprint density at radius 3 is 2.46 bits per heavy atom. The number of rotatable bonds is 4. The molecule has 0 saturated heterocycles. The number of methoxy groups -OCH3 is 1. The van der Waals surface area contributed by atoms with E-state index < -0.39 is 11.8 Å². The van der Waals surface area contributed by atoms with Gasteiger partial charge in [0, 0.05) is 5.02 Å². The molecule has 0 saturated carbocycles. The maximum Gasteiger partial charge on any atom is 0.329 e. The minimum atomic E-state index is -0.934. The highest BCUT2D eigenvalue weighted by Gasteiger charge is 2.14. The van der Waals surface area contributed by atoms with Crippen molar-refractivity contribution in [3.05, 3.63) is 58.1 Å². The van der Waals surface area contributed by atoms with Gasteiger partial charge in [-0.15, -0.1) is 0 Å². The van der Waals surface area contributed by atoms with E-state index in [0.29, 0.717) is 10.8 Å².